The number of fused-ring (bicyclic) bond motifs is 1. The summed E-state index contributed by atoms with van der Waals surface area (Å²) in [6.07, 6.45) is 4.48. The van der Waals surface area contributed by atoms with Gasteiger partial charge in [-0.05, 0) is 81.2 Å². The van der Waals surface area contributed by atoms with Gasteiger partial charge in [0, 0.05) is 23.3 Å². The van der Waals surface area contributed by atoms with Crippen LogP contribution in [0.1, 0.15) is 26.2 Å². The van der Waals surface area contributed by atoms with E-state index in [1.54, 1.807) is 25.4 Å². The van der Waals surface area contributed by atoms with Crippen molar-refractivity contribution in [2.45, 2.75) is 32.3 Å². The van der Waals surface area contributed by atoms with E-state index in [0.29, 0.717) is 39.8 Å². The van der Waals surface area contributed by atoms with Crippen molar-refractivity contribution in [1.29, 1.82) is 0 Å². The molecule has 224 valence electrons. The lowest BCUT2D eigenvalue weighted by Gasteiger charge is -2.29. The zero-order valence-electron chi connectivity index (χ0n) is 23.7. The van der Waals surface area contributed by atoms with Crippen LogP contribution in [0.4, 0.5) is 15.8 Å². The molecule has 0 radical (unpaired) electrons. The van der Waals surface area contributed by atoms with Crippen molar-refractivity contribution < 1.29 is 28.2 Å². The molecule has 0 bridgehead atoms. The van der Waals surface area contributed by atoms with Crippen LogP contribution in [0.2, 0.25) is 5.02 Å². The van der Waals surface area contributed by atoms with Gasteiger partial charge in [0.15, 0.2) is 11.5 Å². The van der Waals surface area contributed by atoms with Gasteiger partial charge < -0.3 is 25.3 Å². The third-order valence-electron chi connectivity index (χ3n) is 7.26. The van der Waals surface area contributed by atoms with E-state index in [-0.39, 0.29) is 22.7 Å². The summed E-state index contributed by atoms with van der Waals surface area (Å²) in [5, 5.41) is 4.11. The lowest BCUT2D eigenvalue weighted by atomic mass is 9.93. The molecule has 43 heavy (non-hydrogen) atoms. The molecule has 3 N–H and O–H groups in total. The van der Waals surface area contributed by atoms with Crippen molar-refractivity contribution in [3.05, 3.63) is 71.8 Å². The summed E-state index contributed by atoms with van der Waals surface area (Å²) < 4.78 is 31.6. The van der Waals surface area contributed by atoms with Gasteiger partial charge in [-0.2, -0.15) is 0 Å². The Morgan fingerprint density at radius 2 is 1.81 bits per heavy atom. The van der Waals surface area contributed by atoms with Crippen molar-refractivity contribution >= 4 is 45.7 Å². The van der Waals surface area contributed by atoms with Crippen molar-refractivity contribution in [2.75, 3.05) is 25.1 Å². The number of methoxy groups -OCH3 is 1. The maximum atomic E-state index is 13.6. The highest BCUT2D eigenvalue weighted by Crippen LogP contribution is 2.40. The van der Waals surface area contributed by atoms with Crippen LogP contribution in [0, 0.1) is 11.7 Å². The zero-order chi connectivity index (χ0) is 30.5. The van der Waals surface area contributed by atoms with Crippen molar-refractivity contribution in [3.63, 3.8) is 0 Å². The van der Waals surface area contributed by atoms with Crippen LogP contribution >= 0.6 is 11.6 Å². The van der Waals surface area contributed by atoms with Gasteiger partial charge in [0.05, 0.1) is 30.6 Å². The maximum absolute atomic E-state index is 13.6. The quantitative estimate of drug-likeness (QED) is 0.225. The number of hydrogen-bond donors (Lipinski definition) is 2. The second-order valence-electron chi connectivity index (χ2n) is 10.2. The minimum Gasteiger partial charge on any atom is -0.493 e. The number of anilines is 2. The topological polar surface area (TPSA) is 129 Å². The van der Waals surface area contributed by atoms with Crippen LogP contribution in [0.15, 0.2) is 60.9 Å². The van der Waals surface area contributed by atoms with Gasteiger partial charge in [-0.15, -0.1) is 0 Å². The summed E-state index contributed by atoms with van der Waals surface area (Å²) in [5.74, 6) is 0.112. The molecule has 2 aromatic heterocycles. The highest BCUT2D eigenvalue weighted by Gasteiger charge is 2.24. The van der Waals surface area contributed by atoms with Crippen LogP contribution in [-0.2, 0) is 9.59 Å². The summed E-state index contributed by atoms with van der Waals surface area (Å²) >= 11 is 6.57. The first kappa shape index (κ1) is 30.0. The highest BCUT2D eigenvalue weighted by molar-refractivity contribution is 6.32. The molecule has 2 aromatic carbocycles. The predicted molar refractivity (Wildman–Crippen MR) is 161 cm³/mol. The molecule has 3 heterocycles. The van der Waals surface area contributed by atoms with Crippen molar-refractivity contribution in [2.24, 2.45) is 11.7 Å². The number of benzene rings is 2. The minimum absolute atomic E-state index is 0.00117. The van der Waals surface area contributed by atoms with Gasteiger partial charge in [-0.25, -0.2) is 9.37 Å². The minimum atomic E-state index is -0.814. The number of nitrogens with zero attached hydrogens (tertiary/aromatic N) is 3. The van der Waals surface area contributed by atoms with E-state index in [2.05, 4.69) is 22.2 Å². The smallest absolute Gasteiger partial charge is 0.241 e. The van der Waals surface area contributed by atoms with Crippen LogP contribution < -0.4 is 30.2 Å². The van der Waals surface area contributed by atoms with Crippen LogP contribution in [0.5, 0.6) is 23.1 Å². The molecule has 12 heteroatoms. The number of amides is 2. The third kappa shape index (κ3) is 6.95. The van der Waals surface area contributed by atoms with Gasteiger partial charge in [0.25, 0.3) is 0 Å². The Morgan fingerprint density at radius 1 is 1.07 bits per heavy atom. The fraction of sp³-hybridized carbons (Fsp3) is 0.290. The maximum Gasteiger partial charge on any atom is 0.241 e. The number of pyridine rings is 2. The Hall–Kier alpha value is -4.48. The van der Waals surface area contributed by atoms with Crippen LogP contribution in [0.3, 0.4) is 0 Å². The zero-order valence-corrected chi connectivity index (χ0v) is 24.4. The molecule has 5 rings (SSSR count). The number of primary amides is 1. The molecule has 1 atom stereocenters. The lowest BCUT2D eigenvalue weighted by molar-refractivity contribution is -0.125. The largest absolute Gasteiger partial charge is 0.493 e. The van der Waals surface area contributed by atoms with Gasteiger partial charge in [0.2, 0.25) is 17.7 Å². The molecule has 0 aliphatic carbocycles. The van der Waals surface area contributed by atoms with Gasteiger partial charge >= 0.3 is 0 Å². The molecule has 1 fully saturated rings. The molecule has 10 nitrogen and oxygen atoms in total. The monoisotopic (exact) mass is 607 g/mol. The second-order valence-corrected chi connectivity index (χ2v) is 10.6. The first-order valence-electron chi connectivity index (χ1n) is 13.8. The Morgan fingerprint density at radius 3 is 2.49 bits per heavy atom. The Bertz CT molecular complexity index is 1630. The highest BCUT2D eigenvalue weighted by atomic mass is 35.5. The number of nitrogens with one attached hydrogen (secondary N) is 1. The van der Waals surface area contributed by atoms with Crippen LogP contribution in [0.25, 0.3) is 10.9 Å². The Labute approximate surface area is 252 Å². The number of rotatable bonds is 10. The second kappa shape index (κ2) is 13.2. The van der Waals surface area contributed by atoms with Gasteiger partial charge in [-0.1, -0.05) is 11.6 Å². The fourth-order valence-electron chi connectivity index (χ4n) is 5.05. The summed E-state index contributed by atoms with van der Waals surface area (Å²) in [7, 11) is 1.57. The molecule has 0 saturated carbocycles. The summed E-state index contributed by atoms with van der Waals surface area (Å²) in [6, 6.07) is 11.9. The van der Waals surface area contributed by atoms with E-state index in [0.717, 1.165) is 25.9 Å². The SMILES string of the molecule is COc1cc2c(Oc3ncc(N(C(=O)CC(N)=O)c4ccc(F)cc4)cc3Cl)ccnc2cc1OC(C)C1CCNCC1. The molecular formula is C31H31ClFN5O5. The number of carbonyl (C=O) groups is 2. The molecule has 1 saturated heterocycles. The van der Waals surface area contributed by atoms with E-state index >= 15 is 0 Å². The third-order valence-corrected chi connectivity index (χ3v) is 7.54. The van der Waals surface area contributed by atoms with E-state index < -0.39 is 24.1 Å². The summed E-state index contributed by atoms with van der Waals surface area (Å²) in [6.45, 7) is 4.02. The van der Waals surface area contributed by atoms with E-state index in [9.17, 15) is 14.0 Å². The Kier molecular flexibility index (Phi) is 9.22. The number of nitrogens with two attached hydrogens (primary N) is 1. The average molecular weight is 608 g/mol. The molecule has 0 spiro atoms. The molecule has 1 aliphatic rings. The molecule has 1 aliphatic heterocycles. The van der Waals surface area contributed by atoms with Crippen LogP contribution in [-0.4, -0.2) is 48.1 Å². The number of hydrogen-bond acceptors (Lipinski definition) is 8. The molecule has 4 aromatic rings. The summed E-state index contributed by atoms with van der Waals surface area (Å²) in [4.78, 5) is 34.4. The van der Waals surface area contributed by atoms with E-state index in [4.69, 9.17) is 31.5 Å². The number of aromatic nitrogens is 2. The molecule has 2 amide bonds. The van der Waals surface area contributed by atoms with Gasteiger partial charge in [0.1, 0.15) is 23.0 Å². The fourth-order valence-corrected chi connectivity index (χ4v) is 5.25. The standard InChI is InChI=1S/C31H31ClFN5O5/c1-18(19-7-10-35-11-8-19)42-28-15-25-23(14-27(28)41-2)26(9-12-36-25)43-31-24(32)13-22(17-37-31)38(30(40)16-29(34)39)21-5-3-20(33)4-6-21/h3-6,9,12-15,17-19,35H,7-8,10-11,16H2,1-2H3,(H2,34,39). The number of carbonyl (C=O) groups excluding carboxylic acids is 2. The first-order chi connectivity index (χ1) is 20.7. The predicted octanol–water partition coefficient (Wildman–Crippen LogP) is 5.53. The molecule has 1 unspecified atom stereocenters. The van der Waals surface area contributed by atoms with E-state index in [1.165, 1.54) is 41.4 Å². The van der Waals surface area contributed by atoms with E-state index in [1.807, 2.05) is 6.07 Å². The first-order valence-corrected chi connectivity index (χ1v) is 14.2. The number of ether oxygens (including phenoxy) is 3. The molecular weight excluding hydrogens is 577 g/mol. The number of halogens is 2. The summed E-state index contributed by atoms with van der Waals surface area (Å²) in [5.41, 5.74) is 6.42. The van der Waals surface area contributed by atoms with Crippen molar-refractivity contribution in [1.82, 2.24) is 15.3 Å². The number of piperidine rings is 1. The lowest BCUT2D eigenvalue weighted by Crippen LogP contribution is -2.35. The average Bonchev–Trinajstić information content (AvgIpc) is 2.99. The Balaban J connectivity index is 1.43. The van der Waals surface area contributed by atoms with Gasteiger partial charge in [-0.3, -0.25) is 19.5 Å². The van der Waals surface area contributed by atoms with Crippen molar-refractivity contribution in [3.8, 4) is 23.1 Å². The normalized spacial score (nSPS) is 14.2.